The van der Waals surface area contributed by atoms with Crippen LogP contribution in [0, 0.1) is 24.6 Å². The third kappa shape index (κ3) is 6.64. The number of nitrogens with zero attached hydrogens (tertiary/aromatic N) is 1. The number of aromatic nitrogens is 1. The maximum Gasteiger partial charge on any atom is 0.419 e. The van der Waals surface area contributed by atoms with Gasteiger partial charge in [-0.3, -0.25) is 9.59 Å². The Bertz CT molecular complexity index is 1730. The van der Waals surface area contributed by atoms with Crippen molar-refractivity contribution in [2.75, 3.05) is 17.7 Å². The number of nitrogens with one attached hydrogen (secondary N) is 2. The summed E-state index contributed by atoms with van der Waals surface area (Å²) >= 11 is 0. The number of hydrogen-bond donors (Lipinski definition) is 3. The molecule has 3 aromatic carbocycles. The number of aliphatic hydroxyl groups is 1. The van der Waals surface area contributed by atoms with E-state index in [0.717, 1.165) is 6.07 Å². The third-order valence-electron chi connectivity index (χ3n) is 5.77. The van der Waals surface area contributed by atoms with Gasteiger partial charge in [-0.1, -0.05) is 17.0 Å². The smallest absolute Gasteiger partial charge is 0.419 e. The standard InChI is InChI=1S/C29H23F4N3O5/c1-15-18-13-23(35-27(38)20-11-16(5-8-24(20)40-4)9-10-28(2,3)39)19(14-25(18)41-36-15)26(37)34-17-6-7-22(30)21(12-17)29(31,32)33/h5-8,11-14,39H,1-4H3,(H,34,37)(H,35,38). The van der Waals surface area contributed by atoms with Gasteiger partial charge in [-0.2, -0.15) is 13.2 Å². The Balaban J connectivity index is 1.73. The van der Waals surface area contributed by atoms with E-state index in [2.05, 4.69) is 27.6 Å². The maximum atomic E-state index is 13.7. The van der Waals surface area contributed by atoms with Crippen molar-refractivity contribution in [3.63, 3.8) is 0 Å². The van der Waals surface area contributed by atoms with E-state index in [1.54, 1.807) is 13.0 Å². The van der Waals surface area contributed by atoms with E-state index in [1.165, 1.54) is 45.2 Å². The second-order valence-electron chi connectivity index (χ2n) is 9.49. The van der Waals surface area contributed by atoms with Crippen molar-refractivity contribution in [1.82, 2.24) is 5.16 Å². The normalized spacial score (nSPS) is 11.5. The molecule has 0 spiro atoms. The van der Waals surface area contributed by atoms with Crippen LogP contribution in [0.25, 0.3) is 11.0 Å². The molecule has 4 aromatic rings. The first-order valence-corrected chi connectivity index (χ1v) is 12.0. The lowest BCUT2D eigenvalue weighted by molar-refractivity contribution is -0.139. The van der Waals surface area contributed by atoms with Crippen LogP contribution < -0.4 is 15.4 Å². The molecule has 3 N–H and O–H groups in total. The van der Waals surface area contributed by atoms with Crippen LogP contribution in [0.1, 0.15) is 51.4 Å². The summed E-state index contributed by atoms with van der Waals surface area (Å²) in [6.45, 7) is 4.65. The van der Waals surface area contributed by atoms with Gasteiger partial charge < -0.3 is 25.0 Å². The highest BCUT2D eigenvalue weighted by atomic mass is 19.4. The number of amides is 2. The van der Waals surface area contributed by atoms with E-state index >= 15 is 0 Å². The van der Waals surface area contributed by atoms with Gasteiger partial charge in [0.1, 0.15) is 17.2 Å². The molecular weight excluding hydrogens is 546 g/mol. The van der Waals surface area contributed by atoms with Crippen molar-refractivity contribution < 1.29 is 41.5 Å². The number of carbonyl (C=O) groups excluding carboxylic acids is 2. The molecule has 4 rings (SSSR count). The molecule has 1 aromatic heterocycles. The van der Waals surface area contributed by atoms with Gasteiger partial charge >= 0.3 is 6.18 Å². The Morgan fingerprint density at radius 2 is 1.71 bits per heavy atom. The van der Waals surface area contributed by atoms with E-state index in [4.69, 9.17) is 9.26 Å². The van der Waals surface area contributed by atoms with Crippen molar-refractivity contribution in [3.8, 4) is 17.6 Å². The Morgan fingerprint density at radius 1 is 1.00 bits per heavy atom. The Hall–Kier alpha value is -4.89. The van der Waals surface area contributed by atoms with Crippen molar-refractivity contribution in [3.05, 3.63) is 82.3 Å². The molecule has 41 heavy (non-hydrogen) atoms. The molecule has 0 atom stereocenters. The first-order chi connectivity index (χ1) is 19.2. The Kier molecular flexibility index (Phi) is 7.76. The maximum absolute atomic E-state index is 13.7. The summed E-state index contributed by atoms with van der Waals surface area (Å²) in [4.78, 5) is 26.6. The molecule has 12 heteroatoms. The van der Waals surface area contributed by atoms with Crippen LogP contribution in [-0.2, 0) is 6.18 Å². The van der Waals surface area contributed by atoms with Gasteiger partial charge in [0, 0.05) is 16.6 Å². The fourth-order valence-electron chi connectivity index (χ4n) is 3.79. The second kappa shape index (κ2) is 10.9. The molecule has 0 saturated carbocycles. The molecule has 0 radical (unpaired) electrons. The van der Waals surface area contributed by atoms with Gasteiger partial charge in [0.05, 0.1) is 35.2 Å². The average Bonchev–Trinajstić information content (AvgIpc) is 3.26. The summed E-state index contributed by atoms with van der Waals surface area (Å²) in [5.41, 5.74) is -2.24. The average molecular weight is 570 g/mol. The molecule has 8 nitrogen and oxygen atoms in total. The number of rotatable bonds is 5. The molecule has 0 unspecified atom stereocenters. The van der Waals surface area contributed by atoms with E-state index in [9.17, 15) is 32.3 Å². The van der Waals surface area contributed by atoms with Crippen LogP contribution in [0.5, 0.6) is 5.75 Å². The van der Waals surface area contributed by atoms with Crippen molar-refractivity contribution >= 4 is 34.2 Å². The van der Waals surface area contributed by atoms with Crippen LogP contribution >= 0.6 is 0 Å². The minimum absolute atomic E-state index is 0.0144. The zero-order chi connectivity index (χ0) is 30.1. The molecule has 0 fully saturated rings. The van der Waals surface area contributed by atoms with Crippen molar-refractivity contribution in [2.24, 2.45) is 0 Å². The molecule has 0 aliphatic heterocycles. The first-order valence-electron chi connectivity index (χ1n) is 12.0. The van der Waals surface area contributed by atoms with Crippen molar-refractivity contribution in [2.45, 2.75) is 32.5 Å². The largest absolute Gasteiger partial charge is 0.496 e. The SMILES string of the molecule is COc1ccc(C#CC(C)(C)O)cc1C(=O)Nc1cc2c(C)noc2cc1C(=O)Nc1ccc(F)c(C(F)(F)F)c1. The van der Waals surface area contributed by atoms with Crippen LogP contribution in [0.4, 0.5) is 28.9 Å². The van der Waals surface area contributed by atoms with Gasteiger partial charge in [0.2, 0.25) is 0 Å². The molecule has 0 aliphatic carbocycles. The molecule has 1 heterocycles. The van der Waals surface area contributed by atoms with Gasteiger partial charge in [0.25, 0.3) is 11.8 Å². The quantitative estimate of drug-likeness (QED) is 0.203. The third-order valence-corrected chi connectivity index (χ3v) is 5.77. The van der Waals surface area contributed by atoms with Gasteiger partial charge in [-0.25, -0.2) is 4.39 Å². The predicted octanol–water partition coefficient (Wildman–Crippen LogP) is 5.93. The zero-order valence-electron chi connectivity index (χ0n) is 22.2. The minimum Gasteiger partial charge on any atom is -0.496 e. The minimum atomic E-state index is -4.98. The molecule has 2 amide bonds. The van der Waals surface area contributed by atoms with E-state index in [0.29, 0.717) is 28.8 Å². The summed E-state index contributed by atoms with van der Waals surface area (Å²) in [5.74, 6) is 2.51. The highest BCUT2D eigenvalue weighted by Crippen LogP contribution is 2.34. The monoisotopic (exact) mass is 569 g/mol. The lowest BCUT2D eigenvalue weighted by atomic mass is 10.1. The number of carbonyl (C=O) groups is 2. The zero-order valence-corrected chi connectivity index (χ0v) is 22.2. The highest BCUT2D eigenvalue weighted by molar-refractivity contribution is 6.15. The fourth-order valence-corrected chi connectivity index (χ4v) is 3.79. The summed E-state index contributed by atoms with van der Waals surface area (Å²) in [7, 11) is 1.36. The van der Waals surface area contributed by atoms with E-state index < -0.39 is 35.0 Å². The predicted molar refractivity (Wildman–Crippen MR) is 142 cm³/mol. The summed E-state index contributed by atoms with van der Waals surface area (Å²) in [6.07, 6.45) is -4.98. The number of alkyl halides is 3. The molecule has 0 saturated heterocycles. The molecule has 0 aliphatic rings. The highest BCUT2D eigenvalue weighted by Gasteiger charge is 2.34. The number of anilines is 2. The lowest BCUT2D eigenvalue weighted by Crippen LogP contribution is -2.19. The molecular formula is C29H23F4N3O5. The number of ether oxygens (including phenoxy) is 1. The van der Waals surface area contributed by atoms with Gasteiger partial charge in [-0.15, -0.1) is 0 Å². The van der Waals surface area contributed by atoms with Crippen LogP contribution in [0.15, 0.2) is 53.1 Å². The van der Waals surface area contributed by atoms with Gasteiger partial charge in [-0.05, 0) is 69.3 Å². The van der Waals surface area contributed by atoms with Crippen LogP contribution in [0.3, 0.4) is 0 Å². The van der Waals surface area contributed by atoms with Crippen LogP contribution in [0.2, 0.25) is 0 Å². The lowest BCUT2D eigenvalue weighted by Gasteiger charge is -2.15. The Morgan fingerprint density at radius 3 is 2.37 bits per heavy atom. The number of benzene rings is 3. The molecule has 212 valence electrons. The van der Waals surface area contributed by atoms with E-state index in [-0.39, 0.29) is 33.8 Å². The van der Waals surface area contributed by atoms with Crippen LogP contribution in [-0.4, -0.2) is 34.8 Å². The second-order valence-corrected chi connectivity index (χ2v) is 9.49. The van der Waals surface area contributed by atoms with E-state index in [1.807, 2.05) is 0 Å². The topological polar surface area (TPSA) is 114 Å². The summed E-state index contributed by atoms with van der Waals surface area (Å²) < 4.78 is 63.8. The Labute approximate surface area is 231 Å². The number of hydrogen-bond acceptors (Lipinski definition) is 6. The summed E-state index contributed by atoms with van der Waals surface area (Å²) in [6, 6.07) is 9.28. The number of fused-ring (bicyclic) bond motifs is 1. The van der Waals surface area contributed by atoms with Gasteiger partial charge in [0.15, 0.2) is 5.58 Å². The molecule has 0 bridgehead atoms. The number of aryl methyl sites for hydroxylation is 1. The number of methoxy groups -OCH3 is 1. The number of halogens is 4. The first kappa shape index (κ1) is 29.1. The van der Waals surface area contributed by atoms with Crippen molar-refractivity contribution in [1.29, 1.82) is 0 Å². The fraction of sp³-hybridized carbons (Fsp3) is 0.207. The summed E-state index contributed by atoms with van der Waals surface area (Å²) in [5, 5.41) is 19.1.